The van der Waals surface area contributed by atoms with Gasteiger partial charge >= 0.3 is 0 Å². The number of β-amino-alcohol motifs (C(OH)–C–C–N with tert-alkyl or cyclic N) is 1. The van der Waals surface area contributed by atoms with Crippen LogP contribution < -0.4 is 15.4 Å². The fraction of sp³-hybridized carbons (Fsp3) is 0.414. The average Bonchev–Trinajstić information content (AvgIpc) is 4.19. The summed E-state index contributed by atoms with van der Waals surface area (Å²) >= 11 is 3.26. The number of Topliss-reactive ketones (excluding diaryl/α,β-unsaturated/α-hetero) is 1. The van der Waals surface area contributed by atoms with Gasteiger partial charge in [0.2, 0.25) is 17.7 Å². The van der Waals surface area contributed by atoms with Gasteiger partial charge in [0.15, 0.2) is 11.6 Å². The zero-order valence-corrected chi connectivity index (χ0v) is 46.0. The number of rotatable bonds is 23. The fourth-order valence-electron chi connectivity index (χ4n) is 9.42. The number of aliphatic hydroxyl groups excluding tert-OH is 1. The van der Waals surface area contributed by atoms with Crippen molar-refractivity contribution in [2.24, 2.45) is 10.4 Å². The number of ether oxygens (including phenoxy) is 3. The van der Waals surface area contributed by atoms with Crippen LogP contribution in [0.25, 0.3) is 21.5 Å². The molecule has 400 valence electrons. The Morgan fingerprint density at radius 2 is 1.58 bits per heavy atom. The minimum Gasteiger partial charge on any atom is -0.494 e. The molecule has 5 heterocycles. The van der Waals surface area contributed by atoms with Gasteiger partial charge in [0.05, 0.1) is 47.0 Å². The van der Waals surface area contributed by atoms with Crippen molar-refractivity contribution in [1.82, 2.24) is 30.0 Å². The zero-order valence-electron chi connectivity index (χ0n) is 44.4. The zero-order chi connectivity index (χ0) is 54.1. The van der Waals surface area contributed by atoms with E-state index in [1.165, 1.54) is 9.78 Å². The van der Waals surface area contributed by atoms with Crippen LogP contribution in [-0.4, -0.2) is 117 Å². The molecule has 3 amide bonds. The van der Waals surface area contributed by atoms with E-state index in [1.54, 1.807) is 34.8 Å². The summed E-state index contributed by atoms with van der Waals surface area (Å²) in [6.07, 6.45) is 3.12. The molecule has 8 rings (SSSR count). The van der Waals surface area contributed by atoms with Crippen molar-refractivity contribution in [3.8, 4) is 21.2 Å². The number of nitrogens with zero attached hydrogens (tertiary/aromatic N) is 6. The Hall–Kier alpha value is -6.70. The van der Waals surface area contributed by atoms with Crippen LogP contribution >= 0.6 is 22.7 Å². The van der Waals surface area contributed by atoms with Gasteiger partial charge in [-0.05, 0) is 92.5 Å². The summed E-state index contributed by atoms with van der Waals surface area (Å²) < 4.78 is 19.4. The predicted octanol–water partition coefficient (Wildman–Crippen LogP) is 9.14. The molecule has 0 spiro atoms. The first-order valence-electron chi connectivity index (χ1n) is 25.8. The molecule has 1 fully saturated rings. The molecular formula is C58H68N8O8S2. The molecule has 3 aromatic carbocycles. The van der Waals surface area contributed by atoms with E-state index in [-0.39, 0.29) is 50.7 Å². The molecule has 0 bridgehead atoms. The predicted molar refractivity (Wildman–Crippen MR) is 298 cm³/mol. The van der Waals surface area contributed by atoms with Gasteiger partial charge in [0.25, 0.3) is 0 Å². The number of hydrogen-bond donors (Lipinski definition) is 3. The third kappa shape index (κ3) is 13.5. The Labute approximate surface area is 452 Å². The minimum atomic E-state index is -0.935. The molecule has 18 heteroatoms. The summed E-state index contributed by atoms with van der Waals surface area (Å²) in [5, 5.41) is 26.4. The van der Waals surface area contributed by atoms with Crippen LogP contribution in [0.5, 0.6) is 5.75 Å². The summed E-state index contributed by atoms with van der Waals surface area (Å²) in [7, 11) is 0. The van der Waals surface area contributed by atoms with Crippen LogP contribution in [0.1, 0.15) is 109 Å². The van der Waals surface area contributed by atoms with E-state index in [4.69, 9.17) is 19.2 Å². The van der Waals surface area contributed by atoms with Crippen LogP contribution in [0.4, 0.5) is 5.69 Å². The third-order valence-electron chi connectivity index (χ3n) is 13.7. The number of thiazole rings is 1. The van der Waals surface area contributed by atoms with Gasteiger partial charge in [0, 0.05) is 67.3 Å². The quantitative estimate of drug-likeness (QED) is 0.0517. The molecule has 0 aliphatic carbocycles. The number of likely N-dealkylation sites (tertiary alicyclic amines) is 1. The molecule has 6 aromatic rings. The normalized spacial score (nSPS) is 16.6. The summed E-state index contributed by atoms with van der Waals surface area (Å²) in [5.41, 5.74) is 9.76. The Morgan fingerprint density at radius 1 is 0.882 bits per heavy atom. The monoisotopic (exact) mass is 1070 g/mol. The van der Waals surface area contributed by atoms with Gasteiger partial charge in [-0.3, -0.25) is 28.7 Å². The lowest BCUT2D eigenvalue weighted by atomic mass is 9.85. The van der Waals surface area contributed by atoms with Crippen molar-refractivity contribution in [1.29, 1.82) is 0 Å². The summed E-state index contributed by atoms with van der Waals surface area (Å²) in [5.74, 6) is 0.827. The van der Waals surface area contributed by atoms with Crippen LogP contribution in [0.2, 0.25) is 0 Å². The topological polar surface area (TPSA) is 199 Å². The van der Waals surface area contributed by atoms with Gasteiger partial charge in [-0.2, -0.15) is 0 Å². The Morgan fingerprint density at radius 3 is 2.26 bits per heavy atom. The van der Waals surface area contributed by atoms with Crippen molar-refractivity contribution in [3.63, 3.8) is 0 Å². The smallest absolute Gasteiger partial charge is 0.246 e. The van der Waals surface area contributed by atoms with E-state index in [0.717, 1.165) is 60.5 Å². The van der Waals surface area contributed by atoms with Gasteiger partial charge in [-0.1, -0.05) is 82.0 Å². The first kappa shape index (κ1) is 55.5. The van der Waals surface area contributed by atoms with Crippen LogP contribution in [0, 0.1) is 33.1 Å². The van der Waals surface area contributed by atoms with Crippen LogP contribution in [-0.2, 0) is 35.1 Å². The van der Waals surface area contributed by atoms with Crippen molar-refractivity contribution in [2.75, 3.05) is 44.9 Å². The average molecular weight is 1070 g/mol. The van der Waals surface area contributed by atoms with E-state index in [0.29, 0.717) is 56.3 Å². The standard InChI is InChI=1S/C58H68N8O8S2/c1-9-39-12-17-41(18-13-39)52-51-35(2)37(4)76-57(51)66-38(5)63-64-55(66)46(61-52)31-49(69)60-43-21-23-45(24-22-43)74-29-11-27-72-26-10-28-73-33-50(70)62-54(58(6,7)8)56(71)65-32-44(67)30-47(65)48(68)25-16-40-14-19-42(20-15-40)53-36(3)59-34-75-53/h9,12-15,17-24,34,44,46-47,54,67H,1,10-11,16,25-33H2,2-8H3,(H,60,69)(H,62,70)/t44-,46?,47+,54-/m1/s1. The molecule has 16 nitrogen and oxygen atoms in total. The second-order valence-corrected chi connectivity index (χ2v) is 22.5. The Kier molecular flexibility index (Phi) is 18.2. The number of nitrogens with one attached hydrogen (secondary N) is 2. The number of hydrogen-bond acceptors (Lipinski definition) is 14. The van der Waals surface area contributed by atoms with E-state index in [2.05, 4.69) is 46.2 Å². The fourth-order valence-corrected chi connectivity index (χ4v) is 11.4. The molecule has 3 aromatic heterocycles. The largest absolute Gasteiger partial charge is 0.494 e. The lowest BCUT2D eigenvalue weighted by Crippen LogP contribution is -2.57. The minimum absolute atomic E-state index is 0.0231. The number of ketones is 1. The molecule has 0 radical (unpaired) electrons. The number of aliphatic imine (C=N–C) groups is 1. The number of thiophene rings is 1. The number of benzene rings is 3. The number of carbonyl (C=O) groups is 4. The second kappa shape index (κ2) is 25.0. The van der Waals surface area contributed by atoms with Gasteiger partial charge < -0.3 is 34.9 Å². The molecule has 0 saturated carbocycles. The summed E-state index contributed by atoms with van der Waals surface area (Å²) in [6, 6.07) is 21.1. The molecule has 76 heavy (non-hydrogen) atoms. The van der Waals surface area contributed by atoms with E-state index < -0.39 is 41.5 Å². The maximum atomic E-state index is 14.0. The number of carbonyl (C=O) groups excluding carboxylic acids is 4. The van der Waals surface area contributed by atoms with E-state index in [1.807, 2.05) is 111 Å². The highest BCUT2D eigenvalue weighted by Gasteiger charge is 2.44. The van der Waals surface area contributed by atoms with Gasteiger partial charge in [-0.25, -0.2) is 4.98 Å². The molecule has 1 unspecified atom stereocenters. The first-order valence-corrected chi connectivity index (χ1v) is 27.5. The highest BCUT2D eigenvalue weighted by atomic mass is 32.1. The second-order valence-electron chi connectivity index (χ2n) is 20.4. The van der Waals surface area contributed by atoms with Crippen molar-refractivity contribution in [3.05, 3.63) is 135 Å². The lowest BCUT2D eigenvalue weighted by Gasteiger charge is -2.35. The molecule has 3 N–H and O–H groups in total. The molecule has 2 aliphatic rings. The number of anilines is 1. The van der Waals surface area contributed by atoms with Crippen molar-refractivity contribution >= 4 is 63.7 Å². The van der Waals surface area contributed by atoms with E-state index >= 15 is 0 Å². The number of aryl methyl sites for hydroxylation is 4. The van der Waals surface area contributed by atoms with Crippen molar-refractivity contribution in [2.45, 2.75) is 111 Å². The lowest BCUT2D eigenvalue weighted by molar-refractivity contribution is -0.144. The molecule has 2 aliphatic heterocycles. The van der Waals surface area contributed by atoms with Gasteiger partial charge in [-0.15, -0.1) is 32.9 Å². The van der Waals surface area contributed by atoms with Gasteiger partial charge in [0.1, 0.15) is 35.3 Å². The summed E-state index contributed by atoms with van der Waals surface area (Å²) in [6.45, 7) is 18.9. The van der Waals surface area contributed by atoms with Crippen LogP contribution in [0.3, 0.4) is 0 Å². The van der Waals surface area contributed by atoms with Crippen molar-refractivity contribution < 1.29 is 38.5 Å². The number of aliphatic hydroxyl groups is 1. The highest BCUT2D eigenvalue weighted by Crippen LogP contribution is 2.40. The SMILES string of the molecule is C=Cc1ccc(C2=NC(CC(=O)Nc3ccc(OCCCOCCCOCC(=O)N[C@H](C(=O)N4C[C@H](O)C[C@H]4C(=O)CCc4ccc(-c5scnc5C)cc4)C(C)(C)C)cc3)c3nnc(C)n3-c3sc(C)c(C)c32)cc1. The molecule has 1 saturated heterocycles. The Balaban J connectivity index is 0.726. The van der Waals surface area contributed by atoms with Crippen LogP contribution in [0.15, 0.2) is 89.9 Å². The number of fused-ring (bicyclic) bond motifs is 3. The Bertz CT molecular complexity index is 3050. The number of amides is 3. The maximum Gasteiger partial charge on any atom is 0.246 e. The number of aromatic nitrogens is 4. The summed E-state index contributed by atoms with van der Waals surface area (Å²) in [4.78, 5) is 67.6. The molecule has 4 atom stereocenters. The highest BCUT2D eigenvalue weighted by molar-refractivity contribution is 7.15. The molecular weight excluding hydrogens is 1000 g/mol. The first-order chi connectivity index (χ1) is 36.5. The van der Waals surface area contributed by atoms with E-state index in [9.17, 15) is 24.3 Å². The third-order valence-corrected chi connectivity index (χ3v) is 15.8. The maximum absolute atomic E-state index is 14.0.